The Bertz CT molecular complexity index is 1260. The van der Waals surface area contributed by atoms with Crippen LogP contribution in [0.15, 0.2) is 24.0 Å². The Kier molecular flexibility index (Phi) is 6.79. The van der Waals surface area contributed by atoms with Gasteiger partial charge in [0.15, 0.2) is 17.6 Å². The number of carboxylic acids is 1. The van der Waals surface area contributed by atoms with Gasteiger partial charge >= 0.3 is 23.9 Å². The molecule has 2 aliphatic heterocycles. The lowest BCUT2D eigenvalue weighted by atomic mass is 9.50. The lowest BCUT2D eigenvalue weighted by Gasteiger charge is -2.61. The average molecular weight is 546 g/mol. The van der Waals surface area contributed by atoms with E-state index in [9.17, 15) is 29.4 Å². The Hall–Kier alpha value is -3.64. The summed E-state index contributed by atoms with van der Waals surface area (Å²) < 4.78 is 22.0. The van der Waals surface area contributed by atoms with Crippen LogP contribution < -0.4 is 4.74 Å². The van der Waals surface area contributed by atoms with Crippen molar-refractivity contribution in [3.63, 3.8) is 0 Å². The maximum absolute atomic E-state index is 13.3. The largest absolute Gasteiger partial charge is 0.504 e. The molecule has 1 saturated heterocycles. The predicted octanol–water partition coefficient (Wildman–Crippen LogP) is 0.943. The van der Waals surface area contributed by atoms with Crippen molar-refractivity contribution in [2.75, 3.05) is 20.2 Å². The summed E-state index contributed by atoms with van der Waals surface area (Å²) in [6.07, 6.45) is -1.55. The molecule has 1 aromatic carbocycles. The lowest BCUT2D eigenvalue weighted by Crippen LogP contribution is -2.74. The van der Waals surface area contributed by atoms with Crippen LogP contribution in [0, 0.1) is 0 Å². The van der Waals surface area contributed by atoms with Crippen molar-refractivity contribution in [1.82, 2.24) is 4.90 Å². The highest BCUT2D eigenvalue weighted by Gasteiger charge is 2.72. The number of aromatic hydroxyl groups is 1. The van der Waals surface area contributed by atoms with Gasteiger partial charge in [0.1, 0.15) is 5.76 Å². The fourth-order valence-corrected chi connectivity index (χ4v) is 6.59. The van der Waals surface area contributed by atoms with Gasteiger partial charge in [0.2, 0.25) is 6.10 Å². The van der Waals surface area contributed by atoms with E-state index in [4.69, 9.17) is 24.1 Å². The molecule has 0 radical (unpaired) electrons. The lowest BCUT2D eigenvalue weighted by molar-refractivity contribution is -0.178. The molecule has 12 heteroatoms. The molecule has 2 heterocycles. The number of esters is 3. The predicted molar refractivity (Wildman–Crippen MR) is 131 cm³/mol. The highest BCUT2D eigenvalue weighted by molar-refractivity contribution is 5.86. The van der Waals surface area contributed by atoms with E-state index in [0.29, 0.717) is 24.9 Å². The number of carbonyl (C=O) groups excluding carboxylic acids is 3. The highest BCUT2D eigenvalue weighted by atomic mass is 16.6. The Morgan fingerprint density at radius 3 is 2.69 bits per heavy atom. The standard InChI is InChI=1S/C27H31NO11/c1-3-36-21(33)13-17(37-20(32)7-6-19(30)31)25(34)38-16-8-9-27(35)18-12-14-4-5-15(29)23-22(14)26(27,24(16)39-23)10-11-28(18)2/h4-5,8,17-18,24,29,35H,3,6-7,9-13H2,1-2H3,(H,30,31)/t17-,18-,24+,26+,27-/m0/s1. The fourth-order valence-electron chi connectivity index (χ4n) is 6.59. The van der Waals surface area contributed by atoms with E-state index in [0.717, 1.165) is 5.56 Å². The summed E-state index contributed by atoms with van der Waals surface area (Å²) >= 11 is 0. The first-order chi connectivity index (χ1) is 18.5. The molecule has 5 atom stereocenters. The van der Waals surface area contributed by atoms with Crippen molar-refractivity contribution in [2.45, 2.75) is 74.7 Å². The molecule has 210 valence electrons. The van der Waals surface area contributed by atoms with Crippen LogP contribution in [-0.2, 0) is 45.2 Å². The summed E-state index contributed by atoms with van der Waals surface area (Å²) in [4.78, 5) is 50.6. The van der Waals surface area contributed by atoms with Crippen LogP contribution in [-0.4, -0.2) is 88.1 Å². The van der Waals surface area contributed by atoms with Crippen LogP contribution >= 0.6 is 0 Å². The summed E-state index contributed by atoms with van der Waals surface area (Å²) in [6, 6.07) is 3.13. The second-order valence-electron chi connectivity index (χ2n) is 10.4. The third-order valence-electron chi connectivity index (χ3n) is 8.31. The van der Waals surface area contributed by atoms with E-state index in [1.807, 2.05) is 13.1 Å². The molecule has 0 aromatic heterocycles. The molecule has 2 aliphatic carbocycles. The van der Waals surface area contributed by atoms with Gasteiger partial charge in [-0.3, -0.25) is 14.4 Å². The van der Waals surface area contributed by atoms with Gasteiger partial charge < -0.3 is 39.2 Å². The highest BCUT2D eigenvalue weighted by Crippen LogP contribution is 2.65. The van der Waals surface area contributed by atoms with Crippen LogP contribution in [0.4, 0.5) is 0 Å². The number of phenols is 1. The molecule has 12 nitrogen and oxygen atoms in total. The molecule has 2 bridgehead atoms. The van der Waals surface area contributed by atoms with Crippen molar-refractivity contribution in [3.05, 3.63) is 35.1 Å². The van der Waals surface area contributed by atoms with E-state index >= 15 is 0 Å². The number of hydrogen-bond acceptors (Lipinski definition) is 11. The Morgan fingerprint density at radius 2 is 1.97 bits per heavy atom. The molecule has 0 unspecified atom stereocenters. The van der Waals surface area contributed by atoms with E-state index in [1.165, 1.54) is 0 Å². The summed E-state index contributed by atoms with van der Waals surface area (Å²) in [5, 5.41) is 31.6. The molecule has 0 amide bonds. The molecular weight excluding hydrogens is 514 g/mol. The smallest absolute Gasteiger partial charge is 0.353 e. The molecule has 4 aliphatic rings. The summed E-state index contributed by atoms with van der Waals surface area (Å²) in [5.41, 5.74) is -0.610. The van der Waals surface area contributed by atoms with E-state index < -0.39 is 66.4 Å². The van der Waals surface area contributed by atoms with Crippen molar-refractivity contribution in [3.8, 4) is 11.5 Å². The number of carbonyl (C=O) groups is 4. The number of piperidine rings is 1. The van der Waals surface area contributed by atoms with Gasteiger partial charge in [-0.2, -0.15) is 0 Å². The number of aliphatic hydroxyl groups is 1. The molecular formula is C27H31NO11. The van der Waals surface area contributed by atoms with Crippen molar-refractivity contribution in [1.29, 1.82) is 0 Å². The van der Waals surface area contributed by atoms with Crippen molar-refractivity contribution >= 4 is 23.9 Å². The second-order valence-corrected chi connectivity index (χ2v) is 10.4. The summed E-state index contributed by atoms with van der Waals surface area (Å²) in [7, 11) is 1.95. The van der Waals surface area contributed by atoms with Crippen LogP contribution in [0.1, 0.15) is 50.2 Å². The summed E-state index contributed by atoms with van der Waals surface area (Å²) in [5.74, 6) is -3.85. The zero-order valence-electron chi connectivity index (χ0n) is 21.7. The van der Waals surface area contributed by atoms with Gasteiger partial charge in [0, 0.05) is 18.0 Å². The molecule has 1 aromatic rings. The molecule has 0 saturated carbocycles. The zero-order valence-corrected chi connectivity index (χ0v) is 21.7. The van der Waals surface area contributed by atoms with E-state index in [-0.39, 0.29) is 36.3 Å². The first-order valence-electron chi connectivity index (χ1n) is 12.9. The topological polar surface area (TPSA) is 169 Å². The number of phenolic OH excluding ortho intramolecular Hbond substituents is 1. The SMILES string of the molecule is CCOC(=O)C[C@H](OC(=O)CCC(=O)O)C(=O)OC1=CC[C@]2(O)[C@@H]3Cc4ccc(O)c5c4[C@]2(CCN3C)[C@@H]1O5. The third-order valence-corrected chi connectivity index (χ3v) is 8.31. The van der Waals surface area contributed by atoms with Gasteiger partial charge in [-0.05, 0) is 51.1 Å². The van der Waals surface area contributed by atoms with Crippen LogP contribution in [0.25, 0.3) is 0 Å². The number of benzene rings is 1. The third kappa shape index (κ3) is 4.22. The summed E-state index contributed by atoms with van der Waals surface area (Å²) in [6.45, 7) is 2.25. The van der Waals surface area contributed by atoms with Crippen LogP contribution in [0.5, 0.6) is 11.5 Å². The van der Waals surface area contributed by atoms with Crippen LogP contribution in [0.3, 0.4) is 0 Å². The van der Waals surface area contributed by atoms with Crippen molar-refractivity contribution in [2.24, 2.45) is 0 Å². The Morgan fingerprint density at radius 1 is 1.21 bits per heavy atom. The van der Waals surface area contributed by atoms with Gasteiger partial charge in [0.05, 0.1) is 36.9 Å². The normalized spacial score (nSPS) is 28.8. The van der Waals surface area contributed by atoms with Gasteiger partial charge in [-0.25, -0.2) is 4.79 Å². The molecule has 3 N–H and O–H groups in total. The fraction of sp³-hybridized carbons (Fsp3) is 0.556. The average Bonchev–Trinajstić information content (AvgIpc) is 3.24. The van der Waals surface area contributed by atoms with Gasteiger partial charge in [-0.15, -0.1) is 0 Å². The number of nitrogens with zero attached hydrogens (tertiary/aromatic N) is 1. The number of rotatable bonds is 9. The minimum Gasteiger partial charge on any atom is -0.504 e. The van der Waals surface area contributed by atoms with Gasteiger partial charge in [-0.1, -0.05) is 6.07 Å². The molecule has 1 spiro atoms. The molecule has 1 fully saturated rings. The quantitative estimate of drug-likeness (QED) is 0.297. The number of aliphatic carboxylic acids is 1. The number of carboxylic acid groups (broad SMARTS) is 1. The second kappa shape index (κ2) is 9.83. The number of ether oxygens (including phenoxy) is 4. The first-order valence-corrected chi connectivity index (χ1v) is 12.9. The van der Waals surface area contributed by atoms with E-state index in [1.54, 1.807) is 19.1 Å². The molecule has 5 rings (SSSR count). The Labute approximate surface area is 224 Å². The Balaban J connectivity index is 1.45. The first kappa shape index (κ1) is 26.9. The number of likely N-dealkylation sites (N-methyl/N-ethyl adjacent to an activating group) is 1. The number of hydrogen-bond donors (Lipinski definition) is 3. The van der Waals surface area contributed by atoms with E-state index in [2.05, 4.69) is 4.90 Å². The van der Waals surface area contributed by atoms with Crippen molar-refractivity contribution < 1.29 is 53.4 Å². The maximum Gasteiger partial charge on any atom is 0.353 e. The number of likely N-dealkylation sites (tertiary alicyclic amines) is 1. The van der Waals surface area contributed by atoms with Crippen LogP contribution in [0.2, 0.25) is 0 Å². The van der Waals surface area contributed by atoms with Gasteiger partial charge in [0.25, 0.3) is 0 Å². The monoisotopic (exact) mass is 545 g/mol. The minimum atomic E-state index is -1.69. The molecule has 39 heavy (non-hydrogen) atoms. The maximum atomic E-state index is 13.3. The minimum absolute atomic E-state index is 0.0371. The zero-order chi connectivity index (χ0) is 28.1.